The molecule has 0 saturated heterocycles. The Hall–Kier alpha value is -0.333. The molecule has 144 valence electrons. The van der Waals surface area contributed by atoms with Gasteiger partial charge >= 0.3 is 0 Å². The third-order valence-electron chi connectivity index (χ3n) is 3.35. The van der Waals surface area contributed by atoms with Crippen LogP contribution >= 0.6 is 22.6 Å². The molecule has 25 heavy (non-hydrogen) atoms. The van der Waals surface area contributed by atoms with Crippen LogP contribution in [-0.2, 0) is 14.8 Å². The van der Waals surface area contributed by atoms with Crippen molar-refractivity contribution >= 4 is 46.4 Å². The van der Waals surface area contributed by atoms with Crippen molar-refractivity contribution < 1.29 is 26.3 Å². The molecule has 0 saturated carbocycles. The quantitative estimate of drug-likeness (QED) is 0.122. The smallest absolute Gasteiger partial charge is 0.237 e. The third kappa shape index (κ3) is 6.40. The zero-order chi connectivity index (χ0) is 19.4. The topological polar surface area (TPSA) is 46.6 Å². The minimum Gasteiger partial charge on any atom is -0.360 e. The normalized spacial score (nSPS) is 12.5. The molecule has 1 rings (SSSR count). The fourth-order valence-corrected chi connectivity index (χ4v) is 4.63. The first-order chi connectivity index (χ1) is 11.4. The number of anilines is 1. The second-order valence-electron chi connectivity index (χ2n) is 6.83. The molecule has 0 N–H and O–H groups in total. The summed E-state index contributed by atoms with van der Waals surface area (Å²) in [5.74, 6) is -4.01. The van der Waals surface area contributed by atoms with Crippen LogP contribution in [0.3, 0.4) is 0 Å². The number of ether oxygens (including phenoxy) is 1. The molecule has 0 aliphatic rings. The summed E-state index contributed by atoms with van der Waals surface area (Å²) in [5, 5.41) is 0. The van der Waals surface area contributed by atoms with E-state index in [-0.39, 0.29) is 5.75 Å². The van der Waals surface area contributed by atoms with Gasteiger partial charge in [-0.05, 0) is 35.1 Å². The van der Waals surface area contributed by atoms with E-state index in [2.05, 4.69) is 19.6 Å². The van der Waals surface area contributed by atoms with Crippen LogP contribution in [0.15, 0.2) is 6.07 Å². The molecule has 1 aromatic carbocycles. The van der Waals surface area contributed by atoms with Gasteiger partial charge in [-0.3, -0.25) is 0 Å². The van der Waals surface area contributed by atoms with Crippen LogP contribution in [-0.4, -0.2) is 35.6 Å². The van der Waals surface area contributed by atoms with Gasteiger partial charge in [-0.25, -0.2) is 25.9 Å². The average molecular weight is 509 g/mol. The van der Waals surface area contributed by atoms with Gasteiger partial charge in [-0.2, -0.15) is 0 Å². The molecule has 0 bridgehead atoms. The van der Waals surface area contributed by atoms with Crippen molar-refractivity contribution in [1.82, 2.24) is 0 Å². The van der Waals surface area contributed by atoms with E-state index in [4.69, 9.17) is 4.74 Å². The van der Waals surface area contributed by atoms with Crippen molar-refractivity contribution in [3.63, 3.8) is 0 Å². The number of benzene rings is 1. The Kier molecular flexibility index (Phi) is 8.21. The highest BCUT2D eigenvalue weighted by atomic mass is 127. The van der Waals surface area contributed by atoms with E-state index in [1.165, 1.54) is 22.6 Å². The number of rotatable bonds is 9. The molecule has 0 fully saturated rings. The SMILES string of the molecule is CCCS(=O)(=O)N(COCC[Si](C)(C)C)c1cc(F)c(F)c(I)c1F. The van der Waals surface area contributed by atoms with E-state index >= 15 is 0 Å². The zero-order valence-electron chi connectivity index (χ0n) is 14.7. The van der Waals surface area contributed by atoms with Crippen LogP contribution in [0.25, 0.3) is 0 Å². The van der Waals surface area contributed by atoms with Crippen LogP contribution < -0.4 is 4.31 Å². The van der Waals surface area contributed by atoms with E-state index < -0.39 is 51.5 Å². The van der Waals surface area contributed by atoms with Gasteiger partial charge in [-0.1, -0.05) is 26.6 Å². The van der Waals surface area contributed by atoms with E-state index in [0.29, 0.717) is 23.4 Å². The first-order valence-corrected chi connectivity index (χ1v) is 14.2. The maximum atomic E-state index is 14.4. The van der Waals surface area contributed by atoms with Gasteiger partial charge in [0.25, 0.3) is 0 Å². The summed E-state index contributed by atoms with van der Waals surface area (Å²) in [4.78, 5) is 0. The van der Waals surface area contributed by atoms with E-state index in [0.717, 1.165) is 6.04 Å². The lowest BCUT2D eigenvalue weighted by Crippen LogP contribution is -2.36. The molecule has 0 aromatic heterocycles. The van der Waals surface area contributed by atoms with Gasteiger partial charge in [0.15, 0.2) is 17.5 Å². The summed E-state index contributed by atoms with van der Waals surface area (Å²) in [6.07, 6.45) is 0.302. The molecule has 0 heterocycles. The number of hydrogen-bond acceptors (Lipinski definition) is 3. The Labute approximate surface area is 161 Å². The van der Waals surface area contributed by atoms with Gasteiger partial charge in [0, 0.05) is 20.7 Å². The lowest BCUT2D eigenvalue weighted by Gasteiger charge is -2.25. The van der Waals surface area contributed by atoms with Crippen molar-refractivity contribution in [3.05, 3.63) is 27.1 Å². The van der Waals surface area contributed by atoms with Crippen molar-refractivity contribution in [2.75, 3.05) is 23.4 Å². The molecule has 0 atom stereocenters. The molecule has 0 radical (unpaired) electrons. The van der Waals surface area contributed by atoms with E-state index in [1.807, 2.05) is 0 Å². The number of sulfonamides is 1. The van der Waals surface area contributed by atoms with Gasteiger partial charge in [0.1, 0.15) is 6.73 Å². The second kappa shape index (κ2) is 9.04. The Morgan fingerprint density at radius 2 is 1.80 bits per heavy atom. The highest BCUT2D eigenvalue weighted by Crippen LogP contribution is 2.30. The van der Waals surface area contributed by atoms with Crippen molar-refractivity contribution in [2.24, 2.45) is 0 Å². The summed E-state index contributed by atoms with van der Waals surface area (Å²) in [5.41, 5.74) is -0.537. The van der Waals surface area contributed by atoms with Crippen molar-refractivity contribution in [1.29, 1.82) is 0 Å². The molecule has 0 amide bonds. The fraction of sp³-hybridized carbons (Fsp3) is 0.600. The molecular formula is C15H23F3INO3SSi. The summed E-state index contributed by atoms with van der Waals surface area (Å²) in [6, 6.07) is 1.36. The minimum absolute atomic E-state index is 0.251. The largest absolute Gasteiger partial charge is 0.360 e. The highest BCUT2D eigenvalue weighted by molar-refractivity contribution is 14.1. The van der Waals surface area contributed by atoms with Crippen molar-refractivity contribution in [3.8, 4) is 0 Å². The lowest BCUT2D eigenvalue weighted by atomic mass is 10.3. The monoisotopic (exact) mass is 509 g/mol. The first kappa shape index (κ1) is 22.7. The number of halogens is 4. The van der Waals surface area contributed by atoms with Crippen LogP contribution in [0.5, 0.6) is 0 Å². The molecule has 10 heteroatoms. The predicted octanol–water partition coefficient (Wildman–Crippen LogP) is 4.57. The lowest BCUT2D eigenvalue weighted by molar-refractivity contribution is 0.156. The Morgan fingerprint density at radius 1 is 1.20 bits per heavy atom. The average Bonchev–Trinajstić information content (AvgIpc) is 2.48. The third-order valence-corrected chi connectivity index (χ3v) is 7.90. The molecule has 4 nitrogen and oxygen atoms in total. The minimum atomic E-state index is -3.92. The number of hydrogen-bond donors (Lipinski definition) is 0. The van der Waals surface area contributed by atoms with Gasteiger partial charge in [0.05, 0.1) is 15.0 Å². The van der Waals surface area contributed by atoms with Crippen LogP contribution in [0.1, 0.15) is 13.3 Å². The van der Waals surface area contributed by atoms with Crippen molar-refractivity contribution in [2.45, 2.75) is 39.0 Å². The second-order valence-corrected chi connectivity index (χ2v) is 15.5. The standard InChI is InChI=1S/C15H23F3INO3SSi/c1-5-7-24(21,22)20(10-23-6-8-25(2,3)4)12-9-11(16)13(17)15(19)14(12)18/h9H,5-8,10H2,1-4H3. The Morgan fingerprint density at radius 3 is 2.32 bits per heavy atom. The van der Waals surface area contributed by atoms with E-state index in [1.54, 1.807) is 6.92 Å². The molecule has 1 aromatic rings. The van der Waals surface area contributed by atoms with Gasteiger partial charge in [-0.15, -0.1) is 0 Å². The zero-order valence-corrected chi connectivity index (χ0v) is 18.7. The molecule has 0 aliphatic heterocycles. The first-order valence-electron chi connectivity index (χ1n) is 7.82. The summed E-state index contributed by atoms with van der Waals surface area (Å²) >= 11 is 1.31. The summed E-state index contributed by atoms with van der Waals surface area (Å²) < 4.78 is 72.0. The molecule has 0 aliphatic carbocycles. The van der Waals surface area contributed by atoms with Crippen LogP contribution in [0, 0.1) is 21.0 Å². The Bertz CT molecular complexity index is 711. The van der Waals surface area contributed by atoms with E-state index in [9.17, 15) is 21.6 Å². The highest BCUT2D eigenvalue weighted by Gasteiger charge is 2.28. The van der Waals surface area contributed by atoms with Gasteiger partial charge in [0.2, 0.25) is 10.0 Å². The Balaban J connectivity index is 3.17. The van der Waals surface area contributed by atoms with Crippen LogP contribution in [0.2, 0.25) is 25.7 Å². The number of nitrogens with zero attached hydrogens (tertiary/aromatic N) is 1. The maximum Gasteiger partial charge on any atom is 0.237 e. The molecular weight excluding hydrogens is 486 g/mol. The summed E-state index contributed by atoms with van der Waals surface area (Å²) in [7, 11) is -5.31. The predicted molar refractivity (Wildman–Crippen MR) is 105 cm³/mol. The fourth-order valence-electron chi connectivity index (χ4n) is 1.94. The summed E-state index contributed by atoms with van der Waals surface area (Å²) in [6.45, 7) is 7.95. The van der Waals surface area contributed by atoms with Crippen LogP contribution in [0.4, 0.5) is 18.9 Å². The molecule has 0 spiro atoms. The van der Waals surface area contributed by atoms with Gasteiger partial charge < -0.3 is 4.74 Å². The molecule has 0 unspecified atom stereocenters. The maximum absolute atomic E-state index is 14.4.